The second-order valence-electron chi connectivity index (χ2n) is 7.01. The second kappa shape index (κ2) is 6.52. The van der Waals surface area contributed by atoms with Gasteiger partial charge in [0, 0.05) is 24.7 Å². The molecule has 0 radical (unpaired) electrons. The van der Waals surface area contributed by atoms with Crippen molar-refractivity contribution >= 4 is 21.6 Å². The molecule has 6 heteroatoms. The summed E-state index contributed by atoms with van der Waals surface area (Å²) in [7, 11) is -3.62. The van der Waals surface area contributed by atoms with Crippen LogP contribution in [0.15, 0.2) is 47.4 Å². The van der Waals surface area contributed by atoms with E-state index in [0.29, 0.717) is 18.5 Å². The van der Waals surface area contributed by atoms with Crippen LogP contribution >= 0.6 is 0 Å². The van der Waals surface area contributed by atoms with Gasteiger partial charge in [0.2, 0.25) is 15.9 Å². The smallest absolute Gasteiger partial charge is 0.241 e. The van der Waals surface area contributed by atoms with Gasteiger partial charge in [0.15, 0.2) is 0 Å². The molecule has 26 heavy (non-hydrogen) atoms. The van der Waals surface area contributed by atoms with Crippen LogP contribution in [0.5, 0.6) is 0 Å². The number of benzene rings is 2. The van der Waals surface area contributed by atoms with E-state index >= 15 is 0 Å². The van der Waals surface area contributed by atoms with Crippen molar-refractivity contribution in [1.82, 2.24) is 4.72 Å². The van der Waals surface area contributed by atoms with Gasteiger partial charge in [-0.3, -0.25) is 4.79 Å². The minimum Gasteiger partial charge on any atom is -0.312 e. The third-order valence-corrected chi connectivity index (χ3v) is 6.90. The topological polar surface area (TPSA) is 66.5 Å². The Kier molecular flexibility index (Phi) is 4.32. The predicted octanol–water partition coefficient (Wildman–Crippen LogP) is 3.09. The van der Waals surface area contributed by atoms with E-state index in [1.165, 1.54) is 5.56 Å². The van der Waals surface area contributed by atoms with E-state index in [1.54, 1.807) is 30.0 Å². The average Bonchev–Trinajstić information content (AvgIpc) is 3.21. The highest BCUT2D eigenvalue weighted by atomic mass is 32.2. The fourth-order valence-electron chi connectivity index (χ4n) is 3.95. The summed E-state index contributed by atoms with van der Waals surface area (Å²) in [4.78, 5) is 13.9. The Labute approximate surface area is 154 Å². The molecule has 0 bridgehead atoms. The maximum atomic E-state index is 12.9. The molecular weight excluding hydrogens is 348 g/mol. The first-order valence-corrected chi connectivity index (χ1v) is 10.5. The molecule has 1 unspecified atom stereocenters. The van der Waals surface area contributed by atoms with Gasteiger partial charge in [-0.25, -0.2) is 13.1 Å². The molecule has 1 saturated heterocycles. The summed E-state index contributed by atoms with van der Waals surface area (Å²) in [6, 6.07) is 12.9. The lowest BCUT2D eigenvalue weighted by Gasteiger charge is -2.19. The zero-order chi connectivity index (χ0) is 18.3. The summed E-state index contributed by atoms with van der Waals surface area (Å²) in [6.07, 6.45) is 3.07. The number of sulfonamides is 1. The molecule has 0 saturated carbocycles. The lowest BCUT2D eigenvalue weighted by atomic mass is 10.1. The SMILES string of the molecule is Cc1cc(N2CCCC2=O)ccc1S(=O)(=O)NC1CCc2ccccc21. The number of amides is 1. The molecule has 1 amide bonds. The summed E-state index contributed by atoms with van der Waals surface area (Å²) in [6.45, 7) is 2.47. The zero-order valence-corrected chi connectivity index (χ0v) is 15.6. The average molecular weight is 370 g/mol. The molecule has 0 spiro atoms. The Bertz CT molecular complexity index is 969. The van der Waals surface area contributed by atoms with E-state index in [0.717, 1.165) is 30.5 Å². The lowest BCUT2D eigenvalue weighted by molar-refractivity contribution is -0.117. The first-order chi connectivity index (χ1) is 12.5. The number of anilines is 1. The minimum atomic E-state index is -3.62. The second-order valence-corrected chi connectivity index (χ2v) is 8.69. The largest absolute Gasteiger partial charge is 0.312 e. The van der Waals surface area contributed by atoms with Gasteiger partial charge in [-0.1, -0.05) is 24.3 Å². The van der Waals surface area contributed by atoms with Gasteiger partial charge in [-0.05, 0) is 61.1 Å². The summed E-state index contributed by atoms with van der Waals surface area (Å²) in [5, 5.41) is 0. The van der Waals surface area contributed by atoms with E-state index in [4.69, 9.17) is 0 Å². The van der Waals surface area contributed by atoms with Crippen LogP contribution in [-0.4, -0.2) is 20.9 Å². The lowest BCUT2D eigenvalue weighted by Crippen LogP contribution is -2.28. The van der Waals surface area contributed by atoms with Crippen LogP contribution in [0.2, 0.25) is 0 Å². The van der Waals surface area contributed by atoms with Gasteiger partial charge < -0.3 is 4.90 Å². The summed E-state index contributed by atoms with van der Waals surface area (Å²) >= 11 is 0. The van der Waals surface area contributed by atoms with Crippen molar-refractivity contribution in [2.75, 3.05) is 11.4 Å². The Balaban J connectivity index is 1.59. The zero-order valence-electron chi connectivity index (χ0n) is 14.7. The van der Waals surface area contributed by atoms with Crippen LogP contribution in [0, 0.1) is 6.92 Å². The fraction of sp³-hybridized carbons (Fsp3) is 0.350. The molecule has 0 aromatic heterocycles. The number of fused-ring (bicyclic) bond motifs is 1. The van der Waals surface area contributed by atoms with Gasteiger partial charge in [-0.15, -0.1) is 0 Å². The molecule has 1 aliphatic heterocycles. The van der Waals surface area contributed by atoms with Crippen molar-refractivity contribution in [2.45, 2.75) is 43.5 Å². The molecule has 2 aromatic carbocycles. The highest BCUT2D eigenvalue weighted by Crippen LogP contribution is 2.33. The maximum Gasteiger partial charge on any atom is 0.241 e. The van der Waals surface area contributed by atoms with Gasteiger partial charge >= 0.3 is 0 Å². The molecule has 5 nitrogen and oxygen atoms in total. The summed E-state index contributed by atoms with van der Waals surface area (Å²) in [5.74, 6) is 0.0979. The molecule has 1 N–H and O–H groups in total. The quantitative estimate of drug-likeness (QED) is 0.899. The predicted molar refractivity (Wildman–Crippen MR) is 101 cm³/mol. The van der Waals surface area contributed by atoms with E-state index in [-0.39, 0.29) is 16.8 Å². The third kappa shape index (κ3) is 3.04. The molecule has 1 atom stereocenters. The number of nitrogens with zero attached hydrogens (tertiary/aromatic N) is 1. The molecule has 4 rings (SSSR count). The molecular formula is C20H22N2O3S. The molecule has 136 valence electrons. The number of aryl methyl sites for hydroxylation is 2. The molecule has 2 aromatic rings. The molecule has 2 aliphatic rings. The van der Waals surface area contributed by atoms with E-state index in [2.05, 4.69) is 10.8 Å². The number of nitrogens with one attached hydrogen (secondary N) is 1. The molecule has 1 fully saturated rings. The number of hydrogen-bond donors (Lipinski definition) is 1. The van der Waals surface area contributed by atoms with Gasteiger partial charge in [-0.2, -0.15) is 0 Å². The van der Waals surface area contributed by atoms with Crippen molar-refractivity contribution in [1.29, 1.82) is 0 Å². The molecule has 1 aliphatic carbocycles. The highest BCUT2D eigenvalue weighted by Gasteiger charge is 2.29. The summed E-state index contributed by atoms with van der Waals surface area (Å²) < 4.78 is 28.7. The van der Waals surface area contributed by atoms with Crippen LogP contribution in [-0.2, 0) is 21.2 Å². The highest BCUT2D eigenvalue weighted by molar-refractivity contribution is 7.89. The van der Waals surface area contributed by atoms with Crippen LogP contribution < -0.4 is 9.62 Å². The van der Waals surface area contributed by atoms with E-state index in [9.17, 15) is 13.2 Å². The first-order valence-electron chi connectivity index (χ1n) is 8.97. The monoisotopic (exact) mass is 370 g/mol. The third-order valence-electron chi connectivity index (χ3n) is 5.26. The van der Waals surface area contributed by atoms with Crippen molar-refractivity contribution in [3.05, 3.63) is 59.2 Å². The number of carbonyl (C=O) groups is 1. The Morgan fingerprint density at radius 3 is 2.65 bits per heavy atom. The van der Waals surface area contributed by atoms with Crippen molar-refractivity contribution < 1.29 is 13.2 Å². The van der Waals surface area contributed by atoms with Gasteiger partial charge in [0.25, 0.3) is 0 Å². The van der Waals surface area contributed by atoms with Gasteiger partial charge in [0.1, 0.15) is 0 Å². The minimum absolute atomic E-state index is 0.0979. The standard InChI is InChI=1S/C20H22N2O3S/c1-14-13-16(22-12-4-7-20(22)23)9-11-19(14)26(24,25)21-18-10-8-15-5-2-3-6-17(15)18/h2-3,5-6,9,11,13,18,21H,4,7-8,10,12H2,1H3. The Morgan fingerprint density at radius 2 is 1.92 bits per heavy atom. The fourth-order valence-corrected chi connectivity index (χ4v) is 5.43. The van der Waals surface area contributed by atoms with E-state index in [1.807, 2.05) is 18.2 Å². The van der Waals surface area contributed by atoms with Crippen LogP contribution in [0.1, 0.15) is 42.0 Å². The van der Waals surface area contributed by atoms with Crippen LogP contribution in [0.4, 0.5) is 5.69 Å². The maximum absolute atomic E-state index is 12.9. The van der Waals surface area contributed by atoms with Crippen LogP contribution in [0.3, 0.4) is 0 Å². The normalized spacial score (nSPS) is 19.8. The van der Waals surface area contributed by atoms with Gasteiger partial charge in [0.05, 0.1) is 4.90 Å². The van der Waals surface area contributed by atoms with Crippen molar-refractivity contribution in [3.8, 4) is 0 Å². The van der Waals surface area contributed by atoms with Crippen LogP contribution in [0.25, 0.3) is 0 Å². The molecule has 1 heterocycles. The Morgan fingerprint density at radius 1 is 1.12 bits per heavy atom. The Hall–Kier alpha value is -2.18. The number of carbonyl (C=O) groups excluding carboxylic acids is 1. The number of rotatable bonds is 4. The van der Waals surface area contributed by atoms with E-state index < -0.39 is 10.0 Å². The number of hydrogen-bond acceptors (Lipinski definition) is 3. The van der Waals surface area contributed by atoms with Crippen molar-refractivity contribution in [3.63, 3.8) is 0 Å². The van der Waals surface area contributed by atoms with Crippen molar-refractivity contribution in [2.24, 2.45) is 0 Å². The first kappa shape index (κ1) is 17.2. The summed E-state index contributed by atoms with van der Waals surface area (Å²) in [5.41, 5.74) is 3.70.